The third-order valence-corrected chi connectivity index (χ3v) is 2.83. The van der Waals surface area contributed by atoms with Crippen LogP contribution in [0.5, 0.6) is 0 Å². The number of halogens is 1. The van der Waals surface area contributed by atoms with E-state index >= 15 is 0 Å². The molecule has 2 N–H and O–H groups in total. The number of aryl methyl sites for hydroxylation is 1. The van der Waals surface area contributed by atoms with Crippen LogP contribution >= 0.6 is 11.6 Å². The standard InChI is InChI=1S/C13H19ClN2O/c1-4-15-8-10(3)13(17)16-12-6-5-11(14)7-9(12)2/h5-7,10,15H,4,8H2,1-3H3,(H,16,17). The molecule has 3 nitrogen and oxygen atoms in total. The van der Waals surface area contributed by atoms with Crippen molar-refractivity contribution < 1.29 is 4.79 Å². The van der Waals surface area contributed by atoms with Crippen LogP contribution < -0.4 is 10.6 Å². The van der Waals surface area contributed by atoms with Gasteiger partial charge in [-0.15, -0.1) is 0 Å². The van der Waals surface area contributed by atoms with Gasteiger partial charge in [-0.1, -0.05) is 25.4 Å². The average molecular weight is 255 g/mol. The second kappa shape index (κ2) is 6.62. The van der Waals surface area contributed by atoms with E-state index < -0.39 is 0 Å². The molecule has 1 aromatic rings. The van der Waals surface area contributed by atoms with Crippen LogP contribution in [-0.2, 0) is 4.79 Å². The molecule has 0 bridgehead atoms. The average Bonchev–Trinajstić information content (AvgIpc) is 2.29. The number of hydrogen-bond donors (Lipinski definition) is 2. The Labute approximate surface area is 108 Å². The first-order valence-electron chi connectivity index (χ1n) is 5.82. The summed E-state index contributed by atoms with van der Waals surface area (Å²) in [7, 11) is 0. The minimum Gasteiger partial charge on any atom is -0.326 e. The molecule has 17 heavy (non-hydrogen) atoms. The quantitative estimate of drug-likeness (QED) is 0.848. The smallest absolute Gasteiger partial charge is 0.228 e. The summed E-state index contributed by atoms with van der Waals surface area (Å²) >= 11 is 5.86. The first-order chi connectivity index (χ1) is 8.04. The van der Waals surface area contributed by atoms with Crippen LogP contribution in [0.25, 0.3) is 0 Å². The normalized spacial score (nSPS) is 12.2. The van der Waals surface area contributed by atoms with E-state index in [2.05, 4.69) is 10.6 Å². The van der Waals surface area contributed by atoms with Crippen LogP contribution in [0, 0.1) is 12.8 Å². The maximum atomic E-state index is 11.9. The van der Waals surface area contributed by atoms with Crippen molar-refractivity contribution in [3.8, 4) is 0 Å². The Morgan fingerprint density at radius 2 is 2.18 bits per heavy atom. The lowest BCUT2D eigenvalue weighted by Gasteiger charge is -2.14. The second-order valence-corrected chi connectivity index (χ2v) is 4.59. The number of anilines is 1. The highest BCUT2D eigenvalue weighted by Crippen LogP contribution is 2.20. The molecule has 0 aliphatic carbocycles. The Balaban J connectivity index is 2.61. The number of benzene rings is 1. The number of hydrogen-bond acceptors (Lipinski definition) is 2. The summed E-state index contributed by atoms with van der Waals surface area (Å²) in [4.78, 5) is 11.9. The van der Waals surface area contributed by atoms with Crippen LogP contribution in [-0.4, -0.2) is 19.0 Å². The highest BCUT2D eigenvalue weighted by molar-refractivity contribution is 6.30. The lowest BCUT2D eigenvalue weighted by atomic mass is 10.1. The summed E-state index contributed by atoms with van der Waals surface area (Å²) in [5.41, 5.74) is 1.80. The topological polar surface area (TPSA) is 41.1 Å². The summed E-state index contributed by atoms with van der Waals surface area (Å²) in [6.07, 6.45) is 0. The van der Waals surface area contributed by atoms with Crippen molar-refractivity contribution >= 4 is 23.2 Å². The Morgan fingerprint density at radius 3 is 2.76 bits per heavy atom. The molecule has 1 atom stereocenters. The van der Waals surface area contributed by atoms with E-state index in [1.807, 2.05) is 32.9 Å². The van der Waals surface area contributed by atoms with Gasteiger partial charge in [0.2, 0.25) is 5.91 Å². The van der Waals surface area contributed by atoms with E-state index in [1.54, 1.807) is 6.07 Å². The van der Waals surface area contributed by atoms with E-state index in [0.717, 1.165) is 17.8 Å². The van der Waals surface area contributed by atoms with Gasteiger partial charge >= 0.3 is 0 Å². The van der Waals surface area contributed by atoms with Crippen molar-refractivity contribution in [2.75, 3.05) is 18.4 Å². The first-order valence-corrected chi connectivity index (χ1v) is 6.20. The molecular formula is C13H19ClN2O. The van der Waals surface area contributed by atoms with Gasteiger partial charge < -0.3 is 10.6 Å². The van der Waals surface area contributed by atoms with E-state index in [9.17, 15) is 4.79 Å². The number of amides is 1. The van der Waals surface area contributed by atoms with Crippen LogP contribution in [0.15, 0.2) is 18.2 Å². The SMILES string of the molecule is CCNCC(C)C(=O)Nc1ccc(Cl)cc1C. The number of carbonyl (C=O) groups excluding carboxylic acids is 1. The maximum Gasteiger partial charge on any atom is 0.228 e. The lowest BCUT2D eigenvalue weighted by molar-refractivity contribution is -0.119. The molecule has 1 rings (SSSR count). The number of nitrogens with one attached hydrogen (secondary N) is 2. The van der Waals surface area contributed by atoms with Crippen molar-refractivity contribution in [3.63, 3.8) is 0 Å². The molecule has 0 aliphatic heterocycles. The van der Waals surface area contributed by atoms with E-state index in [-0.39, 0.29) is 11.8 Å². The fraction of sp³-hybridized carbons (Fsp3) is 0.462. The molecule has 0 spiro atoms. The molecule has 0 saturated heterocycles. The van der Waals surface area contributed by atoms with Gasteiger partial charge in [0, 0.05) is 23.2 Å². The van der Waals surface area contributed by atoms with Gasteiger partial charge in [0.05, 0.1) is 0 Å². The van der Waals surface area contributed by atoms with Gasteiger partial charge in [0.25, 0.3) is 0 Å². The van der Waals surface area contributed by atoms with Crippen molar-refractivity contribution in [3.05, 3.63) is 28.8 Å². The van der Waals surface area contributed by atoms with Crippen LogP contribution in [0.2, 0.25) is 5.02 Å². The summed E-state index contributed by atoms with van der Waals surface area (Å²) in [5, 5.41) is 6.75. The molecule has 0 saturated carbocycles. The van der Waals surface area contributed by atoms with Gasteiger partial charge in [-0.25, -0.2) is 0 Å². The second-order valence-electron chi connectivity index (χ2n) is 4.16. The van der Waals surface area contributed by atoms with Crippen molar-refractivity contribution in [1.82, 2.24) is 5.32 Å². The van der Waals surface area contributed by atoms with E-state index in [4.69, 9.17) is 11.6 Å². The third-order valence-electron chi connectivity index (χ3n) is 2.59. The fourth-order valence-corrected chi connectivity index (χ4v) is 1.70. The fourth-order valence-electron chi connectivity index (χ4n) is 1.48. The van der Waals surface area contributed by atoms with Crippen molar-refractivity contribution in [2.45, 2.75) is 20.8 Å². The first kappa shape index (κ1) is 14.0. The van der Waals surface area contributed by atoms with Gasteiger partial charge in [-0.3, -0.25) is 4.79 Å². The van der Waals surface area contributed by atoms with Gasteiger partial charge in [0.1, 0.15) is 0 Å². The molecule has 4 heteroatoms. The monoisotopic (exact) mass is 254 g/mol. The Morgan fingerprint density at radius 1 is 1.47 bits per heavy atom. The van der Waals surface area contributed by atoms with Crippen molar-refractivity contribution in [2.24, 2.45) is 5.92 Å². The van der Waals surface area contributed by atoms with Crippen LogP contribution in [0.4, 0.5) is 5.69 Å². The van der Waals surface area contributed by atoms with Crippen LogP contribution in [0.1, 0.15) is 19.4 Å². The largest absolute Gasteiger partial charge is 0.326 e. The molecule has 1 aromatic carbocycles. The zero-order chi connectivity index (χ0) is 12.8. The summed E-state index contributed by atoms with van der Waals surface area (Å²) in [5.74, 6) is -0.0265. The molecule has 0 radical (unpaired) electrons. The van der Waals surface area contributed by atoms with Gasteiger partial charge in [0.15, 0.2) is 0 Å². The minimum absolute atomic E-state index is 0.0244. The summed E-state index contributed by atoms with van der Waals surface area (Å²) in [6.45, 7) is 7.42. The molecule has 0 heterocycles. The lowest BCUT2D eigenvalue weighted by Crippen LogP contribution is -2.30. The predicted octanol–water partition coefficient (Wildman–Crippen LogP) is 2.83. The number of rotatable bonds is 5. The zero-order valence-corrected chi connectivity index (χ0v) is 11.3. The predicted molar refractivity (Wildman–Crippen MR) is 72.5 cm³/mol. The van der Waals surface area contributed by atoms with E-state index in [0.29, 0.717) is 11.6 Å². The zero-order valence-electron chi connectivity index (χ0n) is 10.5. The molecular weight excluding hydrogens is 236 g/mol. The molecule has 94 valence electrons. The van der Waals surface area contributed by atoms with Crippen LogP contribution in [0.3, 0.4) is 0 Å². The molecule has 0 aromatic heterocycles. The third kappa shape index (κ3) is 4.36. The Bertz CT molecular complexity index is 393. The maximum absolute atomic E-state index is 11.9. The molecule has 0 fully saturated rings. The summed E-state index contributed by atoms with van der Waals surface area (Å²) in [6, 6.07) is 5.45. The molecule has 1 unspecified atom stereocenters. The number of carbonyl (C=O) groups is 1. The molecule has 0 aliphatic rings. The highest BCUT2D eigenvalue weighted by Gasteiger charge is 2.13. The Hall–Kier alpha value is -1.06. The van der Waals surface area contributed by atoms with Crippen molar-refractivity contribution in [1.29, 1.82) is 0 Å². The highest BCUT2D eigenvalue weighted by atomic mass is 35.5. The van der Waals surface area contributed by atoms with Gasteiger partial charge in [-0.2, -0.15) is 0 Å². The van der Waals surface area contributed by atoms with Gasteiger partial charge in [-0.05, 0) is 37.2 Å². The van der Waals surface area contributed by atoms with E-state index in [1.165, 1.54) is 0 Å². The molecule has 1 amide bonds. The minimum atomic E-state index is -0.0509. The Kier molecular flexibility index (Phi) is 5.45. The summed E-state index contributed by atoms with van der Waals surface area (Å²) < 4.78 is 0.